The van der Waals surface area contributed by atoms with Crippen LogP contribution in [0.4, 0.5) is 5.95 Å². The lowest BCUT2D eigenvalue weighted by Gasteiger charge is -2.06. The lowest BCUT2D eigenvalue weighted by molar-refractivity contribution is 0.862. The van der Waals surface area contributed by atoms with Gasteiger partial charge in [-0.05, 0) is 13.0 Å². The van der Waals surface area contributed by atoms with Crippen molar-refractivity contribution in [2.24, 2.45) is 0 Å². The SMILES string of the molecule is CNc1nc(C)cc(-n2ncc3ccccc32)n1. The van der Waals surface area contributed by atoms with Crippen molar-refractivity contribution < 1.29 is 0 Å². The summed E-state index contributed by atoms with van der Waals surface area (Å²) in [6, 6.07) is 9.97. The minimum atomic E-state index is 0.601. The molecule has 0 bridgehead atoms. The van der Waals surface area contributed by atoms with Gasteiger partial charge in [0.2, 0.25) is 5.95 Å². The minimum Gasteiger partial charge on any atom is -0.357 e. The van der Waals surface area contributed by atoms with Crippen molar-refractivity contribution in [3.63, 3.8) is 0 Å². The molecule has 0 amide bonds. The highest BCUT2D eigenvalue weighted by Crippen LogP contribution is 2.17. The largest absolute Gasteiger partial charge is 0.357 e. The van der Waals surface area contributed by atoms with E-state index in [-0.39, 0.29) is 0 Å². The van der Waals surface area contributed by atoms with Crippen LogP contribution in [0.2, 0.25) is 0 Å². The molecule has 0 spiro atoms. The number of para-hydroxylation sites is 1. The maximum Gasteiger partial charge on any atom is 0.224 e. The Morgan fingerprint density at radius 3 is 2.83 bits per heavy atom. The van der Waals surface area contributed by atoms with Crippen molar-refractivity contribution in [3.05, 3.63) is 42.2 Å². The maximum atomic E-state index is 4.42. The first-order valence-electron chi connectivity index (χ1n) is 5.74. The molecule has 3 rings (SSSR count). The van der Waals surface area contributed by atoms with Crippen molar-refractivity contribution in [2.75, 3.05) is 12.4 Å². The third kappa shape index (κ3) is 1.69. The molecule has 0 radical (unpaired) electrons. The molecule has 0 fully saturated rings. The maximum absolute atomic E-state index is 4.42. The number of nitrogens with zero attached hydrogens (tertiary/aromatic N) is 4. The Labute approximate surface area is 104 Å². The fourth-order valence-electron chi connectivity index (χ4n) is 1.93. The molecule has 1 aromatic carbocycles. The number of fused-ring (bicyclic) bond motifs is 1. The van der Waals surface area contributed by atoms with Crippen LogP contribution in [-0.2, 0) is 0 Å². The van der Waals surface area contributed by atoms with Crippen molar-refractivity contribution in [1.29, 1.82) is 0 Å². The van der Waals surface area contributed by atoms with E-state index in [0.717, 1.165) is 22.4 Å². The molecule has 90 valence electrons. The Morgan fingerprint density at radius 2 is 2.00 bits per heavy atom. The highest BCUT2D eigenvalue weighted by molar-refractivity contribution is 5.79. The highest BCUT2D eigenvalue weighted by atomic mass is 15.3. The number of rotatable bonds is 2. The van der Waals surface area contributed by atoms with Crippen LogP contribution in [0.3, 0.4) is 0 Å². The zero-order valence-corrected chi connectivity index (χ0v) is 10.3. The van der Waals surface area contributed by atoms with E-state index < -0.39 is 0 Å². The molecule has 2 aromatic heterocycles. The molecule has 0 saturated carbocycles. The van der Waals surface area contributed by atoms with Gasteiger partial charge in [-0.3, -0.25) is 0 Å². The summed E-state index contributed by atoms with van der Waals surface area (Å²) in [5, 5.41) is 8.43. The van der Waals surface area contributed by atoms with Crippen LogP contribution in [0, 0.1) is 6.92 Å². The zero-order valence-electron chi connectivity index (χ0n) is 10.3. The minimum absolute atomic E-state index is 0.601. The highest BCUT2D eigenvalue weighted by Gasteiger charge is 2.07. The lowest BCUT2D eigenvalue weighted by atomic mass is 10.2. The fourth-order valence-corrected chi connectivity index (χ4v) is 1.93. The van der Waals surface area contributed by atoms with Gasteiger partial charge in [0.1, 0.15) is 0 Å². The van der Waals surface area contributed by atoms with Gasteiger partial charge in [0.05, 0.1) is 11.7 Å². The van der Waals surface area contributed by atoms with Gasteiger partial charge >= 0.3 is 0 Å². The summed E-state index contributed by atoms with van der Waals surface area (Å²) in [6.45, 7) is 1.94. The van der Waals surface area contributed by atoms with Crippen molar-refractivity contribution in [2.45, 2.75) is 6.92 Å². The first-order valence-corrected chi connectivity index (χ1v) is 5.74. The standard InChI is InChI=1S/C13H13N5/c1-9-7-12(17-13(14-2)16-9)18-11-6-4-3-5-10(11)8-15-18/h3-8H,1-2H3,(H,14,16,17). The van der Waals surface area contributed by atoms with Gasteiger partial charge in [-0.1, -0.05) is 18.2 Å². The number of hydrogen-bond acceptors (Lipinski definition) is 4. The van der Waals surface area contributed by atoms with Gasteiger partial charge in [-0.25, -0.2) is 9.67 Å². The number of benzene rings is 1. The van der Waals surface area contributed by atoms with Crippen molar-refractivity contribution in [3.8, 4) is 5.82 Å². The fraction of sp³-hybridized carbons (Fsp3) is 0.154. The van der Waals surface area contributed by atoms with Crippen LogP contribution in [-0.4, -0.2) is 26.8 Å². The first kappa shape index (κ1) is 10.7. The lowest BCUT2D eigenvalue weighted by Crippen LogP contribution is -2.05. The quantitative estimate of drug-likeness (QED) is 0.744. The molecule has 1 N–H and O–H groups in total. The van der Waals surface area contributed by atoms with Crippen LogP contribution in [0.5, 0.6) is 0 Å². The van der Waals surface area contributed by atoms with Crippen LogP contribution < -0.4 is 5.32 Å². The van der Waals surface area contributed by atoms with Crippen LogP contribution in [0.15, 0.2) is 36.5 Å². The number of anilines is 1. The van der Waals surface area contributed by atoms with Crippen molar-refractivity contribution >= 4 is 16.9 Å². The molecule has 0 unspecified atom stereocenters. The summed E-state index contributed by atoms with van der Waals surface area (Å²) < 4.78 is 1.82. The molecular formula is C13H13N5. The van der Waals surface area contributed by atoms with Gasteiger partial charge in [-0.2, -0.15) is 10.1 Å². The predicted molar refractivity (Wildman–Crippen MR) is 70.9 cm³/mol. The van der Waals surface area contributed by atoms with Gasteiger partial charge in [-0.15, -0.1) is 0 Å². The third-order valence-corrected chi connectivity index (χ3v) is 2.76. The van der Waals surface area contributed by atoms with E-state index >= 15 is 0 Å². The van der Waals surface area contributed by atoms with Gasteiger partial charge < -0.3 is 5.32 Å². The summed E-state index contributed by atoms with van der Waals surface area (Å²) >= 11 is 0. The second-order valence-corrected chi connectivity index (χ2v) is 4.06. The Bertz CT molecular complexity index is 701. The molecule has 0 aliphatic heterocycles. The molecule has 0 aliphatic carbocycles. The number of aryl methyl sites for hydroxylation is 1. The first-order chi connectivity index (χ1) is 8.78. The molecule has 5 heteroatoms. The Morgan fingerprint density at radius 1 is 1.17 bits per heavy atom. The zero-order chi connectivity index (χ0) is 12.5. The van der Waals surface area contributed by atoms with E-state index in [1.165, 1.54) is 0 Å². The van der Waals surface area contributed by atoms with E-state index in [0.29, 0.717) is 5.95 Å². The van der Waals surface area contributed by atoms with Crippen LogP contribution >= 0.6 is 0 Å². The summed E-state index contributed by atoms with van der Waals surface area (Å²) in [4.78, 5) is 8.70. The van der Waals surface area contributed by atoms with E-state index in [1.54, 1.807) is 7.05 Å². The molecular weight excluding hydrogens is 226 g/mol. The van der Waals surface area contributed by atoms with E-state index in [1.807, 2.05) is 48.1 Å². The Kier molecular flexibility index (Phi) is 2.44. The topological polar surface area (TPSA) is 55.6 Å². The van der Waals surface area contributed by atoms with Crippen LogP contribution in [0.1, 0.15) is 5.69 Å². The van der Waals surface area contributed by atoms with E-state index in [2.05, 4.69) is 20.4 Å². The number of hydrogen-bond donors (Lipinski definition) is 1. The third-order valence-electron chi connectivity index (χ3n) is 2.76. The monoisotopic (exact) mass is 239 g/mol. The molecule has 3 aromatic rings. The van der Waals surface area contributed by atoms with E-state index in [9.17, 15) is 0 Å². The number of aromatic nitrogens is 4. The second-order valence-electron chi connectivity index (χ2n) is 4.06. The van der Waals surface area contributed by atoms with Gasteiger partial charge in [0.25, 0.3) is 0 Å². The van der Waals surface area contributed by atoms with Crippen LogP contribution in [0.25, 0.3) is 16.7 Å². The number of nitrogens with one attached hydrogen (secondary N) is 1. The molecule has 0 atom stereocenters. The predicted octanol–water partition coefficient (Wildman–Crippen LogP) is 2.17. The molecule has 0 aliphatic rings. The summed E-state index contributed by atoms with van der Waals surface area (Å²) in [5.41, 5.74) is 1.95. The molecule has 18 heavy (non-hydrogen) atoms. The second kappa shape index (κ2) is 4.10. The summed E-state index contributed by atoms with van der Waals surface area (Å²) in [5.74, 6) is 1.37. The average Bonchev–Trinajstić information content (AvgIpc) is 2.81. The van der Waals surface area contributed by atoms with Gasteiger partial charge in [0.15, 0.2) is 5.82 Å². The summed E-state index contributed by atoms with van der Waals surface area (Å²) in [7, 11) is 1.81. The van der Waals surface area contributed by atoms with Crippen molar-refractivity contribution in [1.82, 2.24) is 19.7 Å². The average molecular weight is 239 g/mol. The van der Waals surface area contributed by atoms with E-state index in [4.69, 9.17) is 0 Å². The molecule has 5 nitrogen and oxygen atoms in total. The smallest absolute Gasteiger partial charge is 0.224 e. The normalized spacial score (nSPS) is 10.8. The summed E-state index contributed by atoms with van der Waals surface area (Å²) in [6.07, 6.45) is 1.84. The molecule has 0 saturated heterocycles. The van der Waals surface area contributed by atoms with Gasteiger partial charge in [0, 0.05) is 24.2 Å². The molecule has 2 heterocycles. The Hall–Kier alpha value is -2.43. The Balaban J connectivity index is 2.22.